The van der Waals surface area contributed by atoms with Crippen LogP contribution in [0.5, 0.6) is 0 Å². The Bertz CT molecular complexity index is 848. The summed E-state index contributed by atoms with van der Waals surface area (Å²) in [5.74, 6) is 0. The molecule has 4 heteroatoms. The van der Waals surface area contributed by atoms with Gasteiger partial charge in [-0.15, -0.1) is 33.2 Å². The van der Waals surface area contributed by atoms with Gasteiger partial charge in [-0.3, -0.25) is 0 Å². The molecule has 0 amide bonds. The maximum Gasteiger partial charge on any atom is 0.372 e. The molecule has 0 fully saturated rings. The fraction of sp³-hybridized carbons (Fsp3) is 0.217. The lowest BCUT2D eigenvalue weighted by atomic mass is 9.98. The van der Waals surface area contributed by atoms with Crippen molar-refractivity contribution in [3.05, 3.63) is 78.4 Å². The van der Waals surface area contributed by atoms with Crippen molar-refractivity contribution in [1.29, 1.82) is 0 Å². The Kier molecular flexibility index (Phi) is 7.05. The van der Waals surface area contributed by atoms with Gasteiger partial charge in [-0.1, -0.05) is 92.6 Å². The van der Waals surface area contributed by atoms with Gasteiger partial charge in [0.1, 0.15) is 0 Å². The molecule has 0 radical (unpaired) electrons. The fourth-order valence-electron chi connectivity index (χ4n) is 3.15. The second-order valence-electron chi connectivity index (χ2n) is 6.81. The van der Waals surface area contributed by atoms with E-state index >= 15 is 0 Å². The van der Waals surface area contributed by atoms with Crippen LogP contribution in [0.3, 0.4) is 0 Å². The van der Waals surface area contributed by atoms with Crippen LogP contribution in [0.2, 0.25) is 0 Å². The van der Waals surface area contributed by atoms with Gasteiger partial charge in [-0.2, -0.15) is 0 Å². The Labute approximate surface area is 177 Å². The highest BCUT2D eigenvalue weighted by atomic mass is 35.8. The highest BCUT2D eigenvalue weighted by Crippen LogP contribution is 2.26. The molecule has 3 aromatic rings. The Hall–Kier alpha value is -1.25. The van der Waals surface area contributed by atoms with Crippen molar-refractivity contribution >= 4 is 44.4 Å². The Balaban J connectivity index is 1.71. The zero-order valence-electron chi connectivity index (χ0n) is 15.4. The summed E-state index contributed by atoms with van der Waals surface area (Å²) in [5.41, 5.74) is 6.18. The number of rotatable bonds is 7. The van der Waals surface area contributed by atoms with E-state index in [1.54, 1.807) is 0 Å². The van der Waals surface area contributed by atoms with Gasteiger partial charge in [-0.25, -0.2) is 0 Å². The van der Waals surface area contributed by atoms with Gasteiger partial charge >= 0.3 is 6.00 Å². The molecule has 0 N–H and O–H groups in total. The molecular formula is C23H23Cl3Si. The van der Waals surface area contributed by atoms with Gasteiger partial charge in [0.2, 0.25) is 0 Å². The van der Waals surface area contributed by atoms with Crippen molar-refractivity contribution in [2.75, 3.05) is 0 Å². The average molecular weight is 434 g/mol. The quantitative estimate of drug-likeness (QED) is 0.204. The summed E-state index contributed by atoms with van der Waals surface area (Å²) in [6, 6.07) is 22.6. The van der Waals surface area contributed by atoms with Crippen LogP contribution >= 0.6 is 33.2 Å². The SMILES string of the molecule is CCCCCc1ccc(-c2ccc(-c3ccc([Si](Cl)(Cl)Cl)cc3)cc2)cc1. The third kappa shape index (κ3) is 5.62. The predicted octanol–water partition coefficient (Wildman–Crippen LogP) is 7.62. The minimum atomic E-state index is -2.81. The van der Waals surface area contributed by atoms with Crippen LogP contribution in [0.1, 0.15) is 31.7 Å². The van der Waals surface area contributed by atoms with Crippen molar-refractivity contribution in [3.8, 4) is 22.3 Å². The maximum atomic E-state index is 6.06. The van der Waals surface area contributed by atoms with E-state index in [2.05, 4.69) is 55.5 Å². The summed E-state index contributed by atoms with van der Waals surface area (Å²) in [5, 5.41) is 0.812. The number of hydrogen-bond donors (Lipinski definition) is 0. The molecule has 3 aromatic carbocycles. The van der Waals surface area contributed by atoms with E-state index in [4.69, 9.17) is 33.2 Å². The van der Waals surface area contributed by atoms with Crippen LogP contribution in [0.4, 0.5) is 0 Å². The van der Waals surface area contributed by atoms with Crippen molar-refractivity contribution in [3.63, 3.8) is 0 Å². The van der Waals surface area contributed by atoms with Crippen LogP contribution in [-0.4, -0.2) is 6.00 Å². The minimum Gasteiger partial charge on any atom is -0.121 e. The first-order chi connectivity index (χ1) is 13.0. The summed E-state index contributed by atoms with van der Waals surface area (Å²) in [6.45, 7) is 2.24. The molecule has 0 saturated carbocycles. The summed E-state index contributed by atoms with van der Waals surface area (Å²) in [7, 11) is 0. The zero-order chi connectivity index (χ0) is 19.3. The summed E-state index contributed by atoms with van der Waals surface area (Å²) < 4.78 is 0. The van der Waals surface area contributed by atoms with Crippen LogP contribution in [-0.2, 0) is 6.42 Å². The van der Waals surface area contributed by atoms with E-state index in [1.807, 2.05) is 24.3 Å². The summed E-state index contributed by atoms with van der Waals surface area (Å²) >= 11 is 18.2. The first-order valence-corrected chi connectivity index (χ1v) is 14.4. The first-order valence-electron chi connectivity index (χ1n) is 9.34. The fourth-order valence-corrected chi connectivity index (χ4v) is 4.83. The van der Waals surface area contributed by atoms with Crippen LogP contribution in [0.25, 0.3) is 22.3 Å². The third-order valence-electron chi connectivity index (χ3n) is 4.79. The molecule has 0 heterocycles. The Morgan fingerprint density at radius 1 is 0.593 bits per heavy atom. The second-order valence-corrected chi connectivity index (χ2v) is 15.2. The van der Waals surface area contributed by atoms with Crippen molar-refractivity contribution in [2.45, 2.75) is 32.6 Å². The van der Waals surface area contributed by atoms with E-state index in [0.29, 0.717) is 0 Å². The highest BCUT2D eigenvalue weighted by Gasteiger charge is 2.27. The van der Waals surface area contributed by atoms with Gasteiger partial charge in [0.25, 0.3) is 0 Å². The standard InChI is InChI=1S/C23H23Cl3Si/c1-2-3-4-5-18-6-8-19(9-7-18)20-10-12-21(13-11-20)22-14-16-23(17-15-22)27(24,25)26/h6-17H,2-5H2,1H3. The van der Waals surface area contributed by atoms with Crippen molar-refractivity contribution in [2.24, 2.45) is 0 Å². The molecule has 0 atom stereocenters. The number of unbranched alkanes of at least 4 members (excludes halogenated alkanes) is 2. The van der Waals surface area contributed by atoms with Crippen LogP contribution in [0.15, 0.2) is 72.8 Å². The largest absolute Gasteiger partial charge is 0.372 e. The zero-order valence-corrected chi connectivity index (χ0v) is 18.7. The first kappa shape index (κ1) is 20.5. The topological polar surface area (TPSA) is 0 Å². The number of halogens is 3. The van der Waals surface area contributed by atoms with E-state index < -0.39 is 6.00 Å². The monoisotopic (exact) mass is 432 g/mol. The average Bonchev–Trinajstić information content (AvgIpc) is 2.68. The van der Waals surface area contributed by atoms with E-state index in [1.165, 1.54) is 42.4 Å². The van der Waals surface area contributed by atoms with E-state index in [-0.39, 0.29) is 0 Å². The molecular weight excluding hydrogens is 411 g/mol. The number of hydrogen-bond acceptors (Lipinski definition) is 0. The lowest BCUT2D eigenvalue weighted by Gasteiger charge is -2.10. The molecule has 0 aromatic heterocycles. The molecule has 0 aliphatic heterocycles. The van der Waals surface area contributed by atoms with Crippen LogP contribution in [0, 0.1) is 0 Å². The molecule has 0 saturated heterocycles. The van der Waals surface area contributed by atoms with Crippen LogP contribution < -0.4 is 5.19 Å². The smallest absolute Gasteiger partial charge is 0.121 e. The van der Waals surface area contributed by atoms with Gasteiger partial charge < -0.3 is 0 Å². The van der Waals surface area contributed by atoms with Gasteiger partial charge in [0.05, 0.1) is 0 Å². The summed E-state index contributed by atoms with van der Waals surface area (Å²) in [4.78, 5) is 0. The molecule has 0 aliphatic rings. The Morgan fingerprint density at radius 3 is 1.41 bits per heavy atom. The third-order valence-corrected chi connectivity index (χ3v) is 7.74. The second kappa shape index (κ2) is 9.30. The summed E-state index contributed by atoms with van der Waals surface area (Å²) in [6.07, 6.45) is 5.00. The van der Waals surface area contributed by atoms with Gasteiger partial charge in [0, 0.05) is 0 Å². The number of benzene rings is 3. The minimum absolute atomic E-state index is 0.812. The molecule has 0 aliphatic carbocycles. The molecule has 0 spiro atoms. The van der Waals surface area contributed by atoms with Gasteiger partial charge in [0.15, 0.2) is 0 Å². The molecule has 140 valence electrons. The molecule has 0 bridgehead atoms. The lowest BCUT2D eigenvalue weighted by molar-refractivity contribution is 0.717. The molecule has 27 heavy (non-hydrogen) atoms. The van der Waals surface area contributed by atoms with Crippen molar-refractivity contribution in [1.82, 2.24) is 0 Å². The predicted molar refractivity (Wildman–Crippen MR) is 123 cm³/mol. The normalized spacial score (nSPS) is 11.6. The molecule has 0 unspecified atom stereocenters. The molecule has 0 nitrogen and oxygen atoms in total. The van der Waals surface area contributed by atoms with E-state index in [9.17, 15) is 0 Å². The highest BCUT2D eigenvalue weighted by molar-refractivity contribution is 7.69. The van der Waals surface area contributed by atoms with E-state index in [0.717, 1.165) is 16.3 Å². The van der Waals surface area contributed by atoms with Gasteiger partial charge in [-0.05, 0) is 45.8 Å². The lowest BCUT2D eigenvalue weighted by Crippen LogP contribution is -2.29. The molecule has 3 rings (SSSR count). The Morgan fingerprint density at radius 2 is 1.00 bits per heavy atom. The maximum absolute atomic E-state index is 6.06. The van der Waals surface area contributed by atoms with Crippen molar-refractivity contribution < 1.29 is 0 Å². The number of aryl methyl sites for hydroxylation is 1.